The van der Waals surface area contributed by atoms with E-state index in [1.165, 1.54) is 34.4 Å². The Bertz CT molecular complexity index is 946. The maximum absolute atomic E-state index is 12.5. The minimum atomic E-state index is -0.698. The van der Waals surface area contributed by atoms with E-state index in [0.717, 1.165) is 24.1 Å². The average molecular weight is 399 g/mol. The van der Waals surface area contributed by atoms with Crippen LogP contribution >= 0.6 is 11.3 Å². The number of ether oxygens (including phenoxy) is 1. The number of nitrogens with zero attached hydrogens (tertiary/aromatic N) is 1. The first-order chi connectivity index (χ1) is 13.5. The van der Waals surface area contributed by atoms with Gasteiger partial charge in [0.2, 0.25) is 5.78 Å². The van der Waals surface area contributed by atoms with Crippen LogP contribution in [0.5, 0.6) is 0 Å². The first-order valence-electron chi connectivity index (χ1n) is 9.25. The number of imide groups is 1. The topological polar surface area (TPSA) is 80.8 Å². The lowest BCUT2D eigenvalue weighted by Gasteiger charge is -2.12. The zero-order chi connectivity index (χ0) is 20.3. The lowest BCUT2D eigenvalue weighted by molar-refractivity contribution is 0.0475. The van der Waals surface area contributed by atoms with Gasteiger partial charge in [0.1, 0.15) is 0 Å². The summed E-state index contributed by atoms with van der Waals surface area (Å²) in [6.07, 6.45) is 2.43. The molecule has 7 heteroatoms. The van der Waals surface area contributed by atoms with Gasteiger partial charge in [-0.2, -0.15) is 0 Å². The number of aryl methyl sites for hydroxylation is 1. The number of amides is 2. The first-order valence-corrected chi connectivity index (χ1v) is 10.1. The fourth-order valence-electron chi connectivity index (χ4n) is 2.94. The van der Waals surface area contributed by atoms with Gasteiger partial charge in [-0.15, -0.1) is 11.3 Å². The van der Waals surface area contributed by atoms with Gasteiger partial charge in [0.25, 0.3) is 11.8 Å². The molecule has 0 bridgehead atoms. The van der Waals surface area contributed by atoms with Gasteiger partial charge in [0.05, 0.1) is 21.6 Å². The minimum Gasteiger partial charge on any atom is -0.454 e. The van der Waals surface area contributed by atoms with Crippen LogP contribution in [0.15, 0.2) is 30.3 Å². The maximum Gasteiger partial charge on any atom is 0.338 e. The van der Waals surface area contributed by atoms with Crippen molar-refractivity contribution in [1.29, 1.82) is 0 Å². The average Bonchev–Trinajstić information content (AvgIpc) is 3.28. The van der Waals surface area contributed by atoms with Crippen LogP contribution in [0.3, 0.4) is 0 Å². The Morgan fingerprint density at radius 2 is 1.79 bits per heavy atom. The van der Waals surface area contributed by atoms with Gasteiger partial charge in [-0.25, -0.2) is 4.79 Å². The number of hydrogen-bond acceptors (Lipinski definition) is 6. The predicted molar refractivity (Wildman–Crippen MR) is 105 cm³/mol. The summed E-state index contributed by atoms with van der Waals surface area (Å²) in [6.45, 7) is 3.98. The van der Waals surface area contributed by atoms with E-state index in [4.69, 9.17) is 4.74 Å². The molecular weight excluding hydrogens is 378 g/mol. The number of unbranched alkanes of at least 4 members (excludes halogenated alkanes) is 1. The fourth-order valence-corrected chi connectivity index (χ4v) is 3.81. The van der Waals surface area contributed by atoms with Crippen molar-refractivity contribution in [3.63, 3.8) is 0 Å². The molecule has 1 aromatic carbocycles. The van der Waals surface area contributed by atoms with E-state index >= 15 is 0 Å². The monoisotopic (exact) mass is 399 g/mol. The Balaban J connectivity index is 1.67. The van der Waals surface area contributed by atoms with Gasteiger partial charge < -0.3 is 4.74 Å². The van der Waals surface area contributed by atoms with Crippen molar-refractivity contribution in [2.24, 2.45) is 0 Å². The van der Waals surface area contributed by atoms with E-state index in [0.29, 0.717) is 17.0 Å². The smallest absolute Gasteiger partial charge is 0.338 e. The van der Waals surface area contributed by atoms with Crippen LogP contribution in [0.1, 0.15) is 72.3 Å². The third kappa shape index (κ3) is 3.89. The third-order valence-corrected chi connectivity index (χ3v) is 5.83. The van der Waals surface area contributed by atoms with Crippen molar-refractivity contribution in [3.05, 3.63) is 56.8 Å². The molecule has 6 nitrogen and oxygen atoms in total. The maximum atomic E-state index is 12.5. The number of thiophene rings is 1. The summed E-state index contributed by atoms with van der Waals surface area (Å²) in [4.78, 5) is 52.1. The molecule has 0 saturated carbocycles. The Labute approximate surface area is 167 Å². The van der Waals surface area contributed by atoms with Crippen LogP contribution in [-0.2, 0) is 11.2 Å². The Morgan fingerprint density at radius 3 is 2.46 bits per heavy atom. The van der Waals surface area contributed by atoms with Crippen LogP contribution in [0, 0.1) is 0 Å². The first kappa shape index (κ1) is 19.9. The van der Waals surface area contributed by atoms with Gasteiger partial charge in [-0.05, 0) is 43.2 Å². The lowest BCUT2D eigenvalue weighted by atomic mass is 10.1. The number of Topliss-reactive ketones (excluding diaryl/α,β-unsaturated/α-hetero) is 1. The summed E-state index contributed by atoms with van der Waals surface area (Å²) in [5, 5.41) is 0. The quantitative estimate of drug-likeness (QED) is 0.384. The van der Waals surface area contributed by atoms with E-state index < -0.39 is 11.9 Å². The van der Waals surface area contributed by atoms with E-state index in [1.54, 1.807) is 6.07 Å². The van der Waals surface area contributed by atoms with Crippen LogP contribution < -0.4 is 0 Å². The number of hydrogen-bond donors (Lipinski definition) is 0. The fraction of sp³-hybridized carbons (Fsp3) is 0.333. The molecule has 1 aliphatic heterocycles. The summed E-state index contributed by atoms with van der Waals surface area (Å²) in [6, 6.07) is 7.89. The highest BCUT2D eigenvalue weighted by Gasteiger charge is 2.35. The second-order valence-corrected chi connectivity index (χ2v) is 7.66. The molecular formula is C21H21NO5S. The molecule has 146 valence electrons. The van der Waals surface area contributed by atoms with Gasteiger partial charge in [-0.3, -0.25) is 19.3 Å². The predicted octanol–water partition coefficient (Wildman–Crippen LogP) is 3.75. The van der Waals surface area contributed by atoms with Crippen molar-refractivity contribution >= 4 is 34.9 Å². The highest BCUT2D eigenvalue weighted by molar-refractivity contribution is 7.14. The molecule has 0 N–H and O–H groups in total. The molecule has 0 spiro atoms. The second-order valence-electron chi connectivity index (χ2n) is 6.49. The van der Waals surface area contributed by atoms with Crippen molar-refractivity contribution in [1.82, 2.24) is 4.90 Å². The van der Waals surface area contributed by atoms with Crippen molar-refractivity contribution < 1.29 is 23.9 Å². The second kappa shape index (κ2) is 8.48. The molecule has 0 aliphatic carbocycles. The van der Waals surface area contributed by atoms with Crippen LogP contribution in [0.25, 0.3) is 0 Å². The van der Waals surface area contributed by atoms with Crippen molar-refractivity contribution in [2.45, 2.75) is 33.1 Å². The molecule has 2 aromatic rings. The largest absolute Gasteiger partial charge is 0.454 e. The van der Waals surface area contributed by atoms with E-state index in [9.17, 15) is 19.2 Å². The number of carbonyl (C=O) groups excluding carboxylic acids is 4. The summed E-state index contributed by atoms with van der Waals surface area (Å²) in [7, 11) is 0. The van der Waals surface area contributed by atoms with E-state index in [-0.39, 0.29) is 29.4 Å². The molecule has 0 saturated heterocycles. The zero-order valence-electron chi connectivity index (χ0n) is 15.8. The molecule has 0 fully saturated rings. The summed E-state index contributed by atoms with van der Waals surface area (Å²) in [5.74, 6) is -1.70. The summed E-state index contributed by atoms with van der Waals surface area (Å²) < 4.78 is 5.11. The molecule has 0 radical (unpaired) electrons. The van der Waals surface area contributed by atoms with Crippen molar-refractivity contribution in [2.75, 3.05) is 13.2 Å². The molecule has 2 amide bonds. The molecule has 0 atom stereocenters. The standard InChI is InChI=1S/C21H21NO5S/c1-3-5-10-22-19(24)15-8-6-13(11-16(15)20(22)25)21(26)27-12-17(23)18-9-7-14(4-2)28-18/h6-9,11H,3-5,10,12H2,1-2H3. The third-order valence-electron chi connectivity index (χ3n) is 4.56. The van der Waals surface area contributed by atoms with E-state index in [1.807, 2.05) is 19.9 Å². The molecule has 3 rings (SSSR count). The number of benzene rings is 1. The lowest BCUT2D eigenvalue weighted by Crippen LogP contribution is -2.30. The SMILES string of the molecule is CCCCN1C(=O)c2ccc(C(=O)OCC(=O)c3ccc(CC)s3)cc2C1=O. The number of carbonyl (C=O) groups is 4. The minimum absolute atomic E-state index is 0.144. The number of esters is 1. The molecule has 1 aromatic heterocycles. The van der Waals surface area contributed by atoms with Crippen LogP contribution in [0.4, 0.5) is 0 Å². The Morgan fingerprint density at radius 1 is 1.04 bits per heavy atom. The molecule has 28 heavy (non-hydrogen) atoms. The van der Waals surface area contributed by atoms with Gasteiger partial charge in [0.15, 0.2) is 6.61 Å². The van der Waals surface area contributed by atoms with Crippen LogP contribution in [-0.4, -0.2) is 41.6 Å². The Hall–Kier alpha value is -2.80. The normalized spacial score (nSPS) is 13.0. The van der Waals surface area contributed by atoms with E-state index in [2.05, 4.69) is 0 Å². The number of rotatable bonds is 8. The van der Waals surface area contributed by atoms with Gasteiger partial charge in [0, 0.05) is 11.4 Å². The molecule has 1 aliphatic rings. The molecule has 2 heterocycles. The Kier molecular flexibility index (Phi) is 6.04. The number of ketones is 1. The van der Waals surface area contributed by atoms with Crippen LogP contribution in [0.2, 0.25) is 0 Å². The number of fused-ring (bicyclic) bond motifs is 1. The van der Waals surface area contributed by atoms with Crippen molar-refractivity contribution in [3.8, 4) is 0 Å². The van der Waals surface area contributed by atoms with Gasteiger partial charge >= 0.3 is 5.97 Å². The summed E-state index contributed by atoms with van der Waals surface area (Å²) in [5.41, 5.74) is 0.637. The van der Waals surface area contributed by atoms with Gasteiger partial charge in [-0.1, -0.05) is 20.3 Å². The zero-order valence-corrected chi connectivity index (χ0v) is 16.6. The highest BCUT2D eigenvalue weighted by atomic mass is 32.1. The molecule has 0 unspecified atom stereocenters. The highest BCUT2D eigenvalue weighted by Crippen LogP contribution is 2.25. The summed E-state index contributed by atoms with van der Waals surface area (Å²) >= 11 is 1.38.